The van der Waals surface area contributed by atoms with Gasteiger partial charge in [0.05, 0.1) is 2.74 Å². The van der Waals surface area contributed by atoms with Crippen molar-refractivity contribution in [1.29, 1.82) is 0 Å². The summed E-state index contributed by atoms with van der Waals surface area (Å²) in [4.78, 5) is 0. The first-order chi connectivity index (χ1) is 6.63. The summed E-state index contributed by atoms with van der Waals surface area (Å²) in [5.74, 6) is 0. The maximum atomic E-state index is 7.99. The molecule has 1 aromatic carbocycles. The summed E-state index contributed by atoms with van der Waals surface area (Å²) in [5.41, 5.74) is 3.93. The number of hydrogen-bond donors (Lipinski definition) is 0. The molecule has 1 aliphatic rings. The molecule has 0 radical (unpaired) electrons. The molecule has 1 aliphatic carbocycles. The number of fused-ring (bicyclic) bond motifs is 1. The fourth-order valence-electron chi connectivity index (χ4n) is 1.53. The second-order valence-electron chi connectivity index (χ2n) is 3.33. The maximum absolute atomic E-state index is 7.99. The largest absolute Gasteiger partial charge is 0.0836 e. The first-order valence-corrected chi connectivity index (χ1v) is 4.38. The van der Waals surface area contributed by atoms with Gasteiger partial charge in [0.25, 0.3) is 0 Å². The van der Waals surface area contributed by atoms with Crippen LogP contribution in [0.5, 0.6) is 0 Å². The highest BCUT2D eigenvalue weighted by atomic mass is 14.1. The molecule has 0 heterocycles. The van der Waals surface area contributed by atoms with Crippen molar-refractivity contribution < 1.29 is 2.74 Å². The Kier molecular flexibility index (Phi) is 1.29. The van der Waals surface area contributed by atoms with Gasteiger partial charge in [0.1, 0.15) is 0 Å². The van der Waals surface area contributed by atoms with E-state index < -0.39 is 0 Å². The van der Waals surface area contributed by atoms with Crippen LogP contribution in [0, 0.1) is 13.8 Å². The van der Waals surface area contributed by atoms with Crippen molar-refractivity contribution >= 4 is 6.08 Å². The van der Waals surface area contributed by atoms with Crippen LogP contribution in [0.2, 0.25) is 0 Å². The van der Waals surface area contributed by atoms with Crippen molar-refractivity contribution in [2.24, 2.45) is 0 Å². The third-order valence-electron chi connectivity index (χ3n) is 2.39. The highest BCUT2D eigenvalue weighted by molar-refractivity contribution is 5.58. The zero-order valence-corrected chi connectivity index (χ0v) is 7.57. The molecule has 0 aliphatic heterocycles. The van der Waals surface area contributed by atoms with Crippen molar-refractivity contribution in [1.82, 2.24) is 0 Å². The van der Waals surface area contributed by atoms with Crippen molar-refractivity contribution in [3.05, 3.63) is 40.4 Å². The Bertz CT molecular complexity index is 417. The summed E-state index contributed by atoms with van der Waals surface area (Å²) in [6.45, 7) is 3.87. The van der Waals surface area contributed by atoms with E-state index in [1.165, 1.54) is 0 Å². The fraction of sp³-hybridized carbons (Fsp3) is 0.333. The lowest BCUT2D eigenvalue weighted by atomic mass is 9.93. The first kappa shape index (κ1) is 5.58. The number of hydrogen-bond acceptors (Lipinski definition) is 0. The highest BCUT2D eigenvalue weighted by Crippen LogP contribution is 2.22. The normalized spacial score (nSPS) is 16.8. The van der Waals surface area contributed by atoms with Gasteiger partial charge >= 0.3 is 0 Å². The molecule has 0 fully saturated rings. The van der Waals surface area contributed by atoms with Crippen molar-refractivity contribution in [2.45, 2.75) is 26.7 Å². The molecule has 0 aromatic heterocycles. The summed E-state index contributed by atoms with van der Waals surface area (Å²) in [5, 5.41) is 0. The number of rotatable bonds is 0. The van der Waals surface area contributed by atoms with Crippen LogP contribution in [0.25, 0.3) is 6.08 Å². The number of allylic oxidation sites excluding steroid dienone is 1. The quantitative estimate of drug-likeness (QED) is 0.549. The second kappa shape index (κ2) is 2.78. The maximum Gasteiger partial charge on any atom is 0.0632 e. The Balaban J connectivity index is 2.79. The molecule has 0 heteroatoms. The molecule has 2 rings (SSSR count). The molecule has 1 aromatic rings. The third kappa shape index (κ3) is 1.18. The van der Waals surface area contributed by atoms with Crippen LogP contribution in [0.15, 0.2) is 18.2 Å². The number of benzene rings is 1. The van der Waals surface area contributed by atoms with Gasteiger partial charge in [0.15, 0.2) is 0 Å². The van der Waals surface area contributed by atoms with Crippen LogP contribution >= 0.6 is 0 Å². The molecule has 0 saturated heterocycles. The molecule has 0 spiro atoms. The lowest BCUT2D eigenvalue weighted by molar-refractivity contribution is 0.979. The molecule has 0 unspecified atom stereocenters. The molecular weight excluding hydrogens is 144 g/mol. The molecular formula is C12H14. The average molecular weight is 162 g/mol. The van der Waals surface area contributed by atoms with E-state index in [1.54, 1.807) is 0 Å². The standard InChI is InChI=1S/C12H14/c1-9-7-11-5-3-4-6-12(11)8-10(9)2/h3,5,7-8H,4,6H2,1-2H3/i7T,8T. The Morgan fingerprint density at radius 2 is 2.00 bits per heavy atom. The molecule has 0 saturated carbocycles. The minimum absolute atomic E-state index is 0.601. The zero-order valence-electron chi connectivity index (χ0n) is 9.57. The van der Waals surface area contributed by atoms with E-state index >= 15 is 0 Å². The van der Waals surface area contributed by atoms with Crippen molar-refractivity contribution in [2.75, 3.05) is 0 Å². The van der Waals surface area contributed by atoms with E-state index in [0.717, 1.165) is 35.1 Å². The molecule has 0 atom stereocenters. The molecule has 0 nitrogen and oxygen atoms in total. The van der Waals surface area contributed by atoms with Gasteiger partial charge in [-0.05, 0) is 48.9 Å². The van der Waals surface area contributed by atoms with Crippen LogP contribution in [0.4, 0.5) is 0 Å². The van der Waals surface area contributed by atoms with Crippen LogP contribution in [-0.4, -0.2) is 0 Å². The van der Waals surface area contributed by atoms with E-state index in [2.05, 4.69) is 6.08 Å². The lowest BCUT2D eigenvalue weighted by Crippen LogP contribution is -1.96. The lowest BCUT2D eigenvalue weighted by Gasteiger charge is -2.12. The molecule has 12 heavy (non-hydrogen) atoms. The van der Waals surface area contributed by atoms with Gasteiger partial charge in [0.2, 0.25) is 0 Å². The smallest absolute Gasteiger partial charge is 0.0632 e. The predicted octanol–water partition coefficient (Wildman–Crippen LogP) is 3.26. The zero-order chi connectivity index (χ0) is 10.3. The van der Waals surface area contributed by atoms with Crippen LogP contribution in [0.1, 0.15) is 31.4 Å². The van der Waals surface area contributed by atoms with E-state index in [0.29, 0.717) is 12.1 Å². The van der Waals surface area contributed by atoms with E-state index in [1.807, 2.05) is 19.9 Å². The summed E-state index contributed by atoms with van der Waals surface area (Å²) in [6, 6.07) is 1.24. The molecule has 0 amide bonds. The molecule has 0 N–H and O–H groups in total. The monoisotopic (exact) mass is 162 g/mol. The minimum atomic E-state index is 0.601. The fourth-order valence-corrected chi connectivity index (χ4v) is 1.53. The summed E-state index contributed by atoms with van der Waals surface area (Å²) >= 11 is 0. The topological polar surface area (TPSA) is 0 Å². The van der Waals surface area contributed by atoms with Gasteiger partial charge < -0.3 is 0 Å². The van der Waals surface area contributed by atoms with Gasteiger partial charge in [-0.15, -0.1) is 0 Å². The van der Waals surface area contributed by atoms with E-state index in [9.17, 15) is 0 Å². The second-order valence-corrected chi connectivity index (χ2v) is 3.33. The molecule has 0 bridgehead atoms. The average Bonchev–Trinajstić information content (AvgIpc) is 2.23. The van der Waals surface area contributed by atoms with E-state index in [4.69, 9.17) is 2.74 Å². The van der Waals surface area contributed by atoms with Gasteiger partial charge in [-0.3, -0.25) is 0 Å². The van der Waals surface area contributed by atoms with Crippen molar-refractivity contribution in [3.63, 3.8) is 0 Å². The van der Waals surface area contributed by atoms with Gasteiger partial charge in [-0.2, -0.15) is 0 Å². The van der Waals surface area contributed by atoms with Crippen molar-refractivity contribution in [3.8, 4) is 0 Å². The summed E-state index contributed by atoms with van der Waals surface area (Å²) < 4.78 is 16.0. The SMILES string of the molecule is [3H]c1c(C)c(C)c([3H])c2c1C=CCC2. The highest BCUT2D eigenvalue weighted by Gasteiger charge is 2.05. The summed E-state index contributed by atoms with van der Waals surface area (Å²) in [6.07, 6.45) is 6.00. The van der Waals surface area contributed by atoms with Gasteiger partial charge in [0, 0.05) is 0 Å². The third-order valence-corrected chi connectivity index (χ3v) is 2.39. The summed E-state index contributed by atoms with van der Waals surface area (Å²) in [7, 11) is 0. The Morgan fingerprint density at radius 1 is 1.25 bits per heavy atom. The van der Waals surface area contributed by atoms with Gasteiger partial charge in [-0.1, -0.05) is 24.2 Å². The minimum Gasteiger partial charge on any atom is -0.0836 e. The Labute approximate surface area is 76.7 Å². The molecule has 62 valence electrons. The van der Waals surface area contributed by atoms with Crippen LogP contribution in [0.3, 0.4) is 0 Å². The predicted molar refractivity (Wildman–Crippen MR) is 53.3 cm³/mol. The van der Waals surface area contributed by atoms with E-state index in [-0.39, 0.29) is 0 Å². The Morgan fingerprint density at radius 3 is 2.83 bits per heavy atom. The Hall–Kier alpha value is -1.04. The first-order valence-electron chi connectivity index (χ1n) is 5.38. The van der Waals surface area contributed by atoms with Gasteiger partial charge in [-0.25, -0.2) is 0 Å². The van der Waals surface area contributed by atoms with Crippen LogP contribution in [-0.2, 0) is 6.42 Å². The van der Waals surface area contributed by atoms with Crippen LogP contribution < -0.4 is 0 Å².